The average molecular weight is 288 g/mol. The highest BCUT2D eigenvalue weighted by Crippen LogP contribution is 2.39. The lowest BCUT2D eigenvalue weighted by Crippen LogP contribution is -2.42. The van der Waals surface area contributed by atoms with Crippen LogP contribution in [0, 0.1) is 0 Å². The van der Waals surface area contributed by atoms with E-state index in [2.05, 4.69) is 4.99 Å². The van der Waals surface area contributed by atoms with Gasteiger partial charge in [-0.05, 0) is 26.0 Å². The zero-order valence-corrected chi connectivity index (χ0v) is 11.7. The van der Waals surface area contributed by atoms with Crippen LogP contribution >= 0.6 is 0 Å². The van der Waals surface area contributed by atoms with Crippen molar-refractivity contribution in [2.75, 3.05) is 0 Å². The number of rotatable bonds is 2. The van der Waals surface area contributed by atoms with E-state index in [1.807, 2.05) is 13.8 Å². The summed E-state index contributed by atoms with van der Waals surface area (Å²) in [6, 6.07) is 7.54. The molecule has 0 amide bonds. The summed E-state index contributed by atoms with van der Waals surface area (Å²) in [5.74, 6) is 0.592. The van der Waals surface area contributed by atoms with Crippen molar-refractivity contribution in [3.05, 3.63) is 30.3 Å². The molecule has 3 rings (SSSR count). The van der Waals surface area contributed by atoms with Gasteiger partial charge in [0.05, 0.1) is 12.3 Å². The first kappa shape index (κ1) is 13.4. The molecule has 1 aromatic heterocycles. The van der Waals surface area contributed by atoms with Gasteiger partial charge in [0.2, 0.25) is 0 Å². The first-order valence-electron chi connectivity index (χ1n) is 6.54. The van der Waals surface area contributed by atoms with E-state index in [9.17, 15) is 15.3 Å². The normalized spacial score (nSPS) is 16.0. The van der Waals surface area contributed by atoms with Crippen LogP contribution in [-0.2, 0) is 6.54 Å². The summed E-state index contributed by atoms with van der Waals surface area (Å²) in [5, 5.41) is 29.0. The first-order valence-corrected chi connectivity index (χ1v) is 6.54. The summed E-state index contributed by atoms with van der Waals surface area (Å²) in [6.45, 7) is 3.91. The summed E-state index contributed by atoms with van der Waals surface area (Å²) in [6.07, 6.45) is 0. The van der Waals surface area contributed by atoms with Gasteiger partial charge >= 0.3 is 0 Å². The number of phenols is 1. The summed E-state index contributed by atoms with van der Waals surface area (Å²) in [4.78, 5) is 4.50. The van der Waals surface area contributed by atoms with Crippen LogP contribution in [-0.4, -0.2) is 31.2 Å². The summed E-state index contributed by atoms with van der Waals surface area (Å²) >= 11 is 0. The van der Waals surface area contributed by atoms with Crippen molar-refractivity contribution >= 4 is 11.4 Å². The van der Waals surface area contributed by atoms with Crippen LogP contribution in [0.25, 0.3) is 0 Å². The molecule has 0 unspecified atom stereocenters. The van der Waals surface area contributed by atoms with Crippen molar-refractivity contribution in [2.45, 2.75) is 26.0 Å². The van der Waals surface area contributed by atoms with Crippen molar-refractivity contribution < 1.29 is 20.1 Å². The van der Waals surface area contributed by atoms with E-state index in [1.165, 1.54) is 22.8 Å². The number of ether oxygens (including phenoxy) is 1. The molecule has 1 aliphatic rings. The van der Waals surface area contributed by atoms with E-state index in [1.54, 1.807) is 12.1 Å². The van der Waals surface area contributed by atoms with Gasteiger partial charge in [0.15, 0.2) is 11.8 Å². The van der Waals surface area contributed by atoms with Crippen LogP contribution in [0.15, 0.2) is 35.3 Å². The topological polar surface area (TPSA) is 87.2 Å². The van der Waals surface area contributed by atoms with Gasteiger partial charge < -0.3 is 20.1 Å². The van der Waals surface area contributed by atoms with Crippen molar-refractivity contribution in [1.29, 1.82) is 0 Å². The molecule has 0 fully saturated rings. The maximum atomic E-state index is 9.74. The summed E-state index contributed by atoms with van der Waals surface area (Å²) in [7, 11) is 0. The Morgan fingerprint density at radius 1 is 1.10 bits per heavy atom. The molecule has 2 aromatic rings. The predicted octanol–water partition coefficient (Wildman–Crippen LogP) is 2.55. The van der Waals surface area contributed by atoms with Crippen LogP contribution < -0.4 is 4.74 Å². The zero-order chi connectivity index (χ0) is 15.2. The number of aromatic hydroxyl groups is 3. The van der Waals surface area contributed by atoms with Crippen LogP contribution in [0.3, 0.4) is 0 Å². The fourth-order valence-corrected chi connectivity index (χ4v) is 2.28. The Labute approximate surface area is 121 Å². The Morgan fingerprint density at radius 3 is 2.43 bits per heavy atom. The van der Waals surface area contributed by atoms with Gasteiger partial charge in [-0.1, -0.05) is 0 Å². The molecule has 0 saturated carbocycles. The molecular weight excluding hydrogens is 272 g/mol. The molecule has 0 atom stereocenters. The third kappa shape index (κ3) is 2.29. The maximum Gasteiger partial charge on any atom is 0.194 e. The third-order valence-corrected chi connectivity index (χ3v) is 3.50. The fraction of sp³-hybridized carbons (Fsp3) is 0.267. The van der Waals surface area contributed by atoms with Crippen LogP contribution in [0.5, 0.6) is 23.3 Å². The highest BCUT2D eigenvalue weighted by Gasteiger charge is 2.33. The highest BCUT2D eigenvalue weighted by atomic mass is 16.5. The van der Waals surface area contributed by atoms with E-state index in [0.717, 1.165) is 0 Å². The Morgan fingerprint density at radius 2 is 1.76 bits per heavy atom. The zero-order valence-electron chi connectivity index (χ0n) is 11.7. The summed E-state index contributed by atoms with van der Waals surface area (Å²) in [5.41, 5.74) is 0.463. The minimum absolute atomic E-state index is 0.0484. The second-order valence-electron chi connectivity index (χ2n) is 5.46. The predicted molar refractivity (Wildman–Crippen MR) is 77.7 cm³/mol. The van der Waals surface area contributed by atoms with Crippen molar-refractivity contribution in [3.8, 4) is 23.3 Å². The molecule has 0 spiro atoms. The molecular formula is C15H16N2O4. The van der Waals surface area contributed by atoms with E-state index in [0.29, 0.717) is 17.1 Å². The molecule has 0 bridgehead atoms. The van der Waals surface area contributed by atoms with Gasteiger partial charge in [-0.25, -0.2) is 4.99 Å². The van der Waals surface area contributed by atoms with Gasteiger partial charge in [0.25, 0.3) is 0 Å². The van der Waals surface area contributed by atoms with Gasteiger partial charge in [-0.3, -0.25) is 4.57 Å². The molecule has 0 aliphatic carbocycles. The molecule has 1 aliphatic heterocycles. The Bertz CT molecular complexity index is 712. The number of fused-ring (bicyclic) bond motifs is 1. The standard InChI is InChI=1S/C15H16N2O4/c1-15(2)12(8-17-13(19)5-6-14(17)20)16-10-7-9(18)3-4-11(10)21-15/h3-7,18-20H,8H2,1-2H3. The van der Waals surface area contributed by atoms with Crippen molar-refractivity contribution in [3.63, 3.8) is 0 Å². The molecule has 0 saturated heterocycles. The Balaban J connectivity index is 2.03. The lowest BCUT2D eigenvalue weighted by atomic mass is 10.00. The molecule has 0 radical (unpaired) electrons. The average Bonchev–Trinajstić information content (AvgIpc) is 2.71. The number of hydrogen-bond acceptors (Lipinski definition) is 5. The lowest BCUT2D eigenvalue weighted by molar-refractivity contribution is 0.174. The fourth-order valence-electron chi connectivity index (χ4n) is 2.28. The van der Waals surface area contributed by atoms with Crippen molar-refractivity contribution in [2.24, 2.45) is 4.99 Å². The Kier molecular flexibility index (Phi) is 2.83. The van der Waals surface area contributed by atoms with Crippen LogP contribution in [0.4, 0.5) is 5.69 Å². The number of phenolic OH excluding ortho intramolecular Hbond substituents is 1. The minimum atomic E-state index is -0.687. The SMILES string of the molecule is CC1(C)Oc2ccc(O)cc2N=C1Cn1c(O)ccc1O. The van der Waals surface area contributed by atoms with E-state index < -0.39 is 5.60 Å². The second kappa shape index (κ2) is 4.44. The minimum Gasteiger partial charge on any atom is -0.508 e. The second-order valence-corrected chi connectivity index (χ2v) is 5.46. The maximum absolute atomic E-state index is 9.74. The van der Waals surface area contributed by atoms with Gasteiger partial charge in [-0.15, -0.1) is 0 Å². The van der Waals surface area contributed by atoms with Gasteiger partial charge in [-0.2, -0.15) is 0 Å². The van der Waals surface area contributed by atoms with Gasteiger partial charge in [0.1, 0.15) is 22.8 Å². The quantitative estimate of drug-likeness (QED) is 0.792. The largest absolute Gasteiger partial charge is 0.508 e. The molecule has 1 aromatic carbocycles. The monoisotopic (exact) mass is 288 g/mol. The summed E-state index contributed by atoms with van der Waals surface area (Å²) < 4.78 is 7.23. The van der Waals surface area contributed by atoms with E-state index in [-0.39, 0.29) is 24.1 Å². The molecule has 110 valence electrons. The van der Waals surface area contributed by atoms with Crippen molar-refractivity contribution in [1.82, 2.24) is 4.57 Å². The third-order valence-electron chi connectivity index (χ3n) is 3.50. The number of hydrogen-bond donors (Lipinski definition) is 3. The Hall–Kier alpha value is -2.63. The number of aromatic nitrogens is 1. The highest BCUT2D eigenvalue weighted by molar-refractivity contribution is 5.96. The first-order chi connectivity index (χ1) is 9.87. The van der Waals surface area contributed by atoms with E-state index >= 15 is 0 Å². The lowest BCUT2D eigenvalue weighted by Gasteiger charge is -2.33. The molecule has 6 nitrogen and oxygen atoms in total. The molecule has 2 heterocycles. The molecule has 21 heavy (non-hydrogen) atoms. The number of benzene rings is 1. The van der Waals surface area contributed by atoms with E-state index in [4.69, 9.17) is 4.74 Å². The van der Waals surface area contributed by atoms with Crippen LogP contribution in [0.2, 0.25) is 0 Å². The molecule has 3 N–H and O–H groups in total. The smallest absolute Gasteiger partial charge is 0.194 e. The number of nitrogens with zero attached hydrogens (tertiary/aromatic N) is 2. The molecule has 6 heteroatoms. The van der Waals surface area contributed by atoms with Gasteiger partial charge in [0, 0.05) is 18.2 Å². The number of aliphatic imine (C=N–C) groups is 1. The van der Waals surface area contributed by atoms with Crippen LogP contribution in [0.1, 0.15) is 13.8 Å².